The summed E-state index contributed by atoms with van der Waals surface area (Å²) in [5.74, 6) is -0.477. The predicted molar refractivity (Wildman–Crippen MR) is 102 cm³/mol. The molecule has 2 aromatic rings. The number of hydrogen-bond acceptors (Lipinski definition) is 3. The number of nitrogens with one attached hydrogen (secondary N) is 1. The first-order chi connectivity index (χ1) is 13.1. The Kier molecular flexibility index (Phi) is 6.47. The second-order valence-electron chi connectivity index (χ2n) is 6.98. The zero-order valence-corrected chi connectivity index (χ0v) is 15.2. The van der Waals surface area contributed by atoms with Gasteiger partial charge in [0.15, 0.2) is 0 Å². The van der Waals surface area contributed by atoms with Gasteiger partial charge in [-0.3, -0.25) is 9.59 Å². The first-order valence-corrected chi connectivity index (χ1v) is 9.39. The number of hydrogen-bond donors (Lipinski definition) is 2. The van der Waals surface area contributed by atoms with Gasteiger partial charge in [0, 0.05) is 5.92 Å². The maximum atomic E-state index is 12.8. The Morgan fingerprint density at radius 3 is 2.07 bits per heavy atom. The van der Waals surface area contributed by atoms with Crippen molar-refractivity contribution in [1.82, 2.24) is 5.32 Å². The van der Waals surface area contributed by atoms with Gasteiger partial charge in [0.25, 0.3) is 0 Å². The number of carboxylic acids is 1. The van der Waals surface area contributed by atoms with Crippen LogP contribution in [0.1, 0.15) is 37.3 Å². The van der Waals surface area contributed by atoms with E-state index in [0.717, 1.165) is 11.3 Å². The summed E-state index contributed by atoms with van der Waals surface area (Å²) < 4.78 is 5.87. The number of carboxylic acid groups (broad SMARTS) is 1. The monoisotopic (exact) mass is 367 g/mol. The van der Waals surface area contributed by atoms with Crippen LogP contribution in [0, 0.1) is 11.8 Å². The zero-order valence-electron chi connectivity index (χ0n) is 15.2. The molecule has 1 amide bonds. The number of para-hydroxylation sites is 1. The van der Waals surface area contributed by atoms with Crippen molar-refractivity contribution in [3.63, 3.8) is 0 Å². The van der Waals surface area contributed by atoms with E-state index in [1.165, 1.54) is 0 Å². The van der Waals surface area contributed by atoms with Crippen LogP contribution in [0.2, 0.25) is 0 Å². The first-order valence-electron chi connectivity index (χ1n) is 9.39. The van der Waals surface area contributed by atoms with Crippen LogP contribution < -0.4 is 10.1 Å². The lowest BCUT2D eigenvalue weighted by Gasteiger charge is -2.27. The predicted octanol–water partition coefficient (Wildman–Crippen LogP) is 3.81. The Morgan fingerprint density at radius 2 is 1.48 bits per heavy atom. The van der Waals surface area contributed by atoms with Gasteiger partial charge in [0.05, 0.1) is 12.0 Å². The molecule has 3 rings (SSSR count). The topological polar surface area (TPSA) is 75.6 Å². The summed E-state index contributed by atoms with van der Waals surface area (Å²) in [4.78, 5) is 23.9. The van der Waals surface area contributed by atoms with Crippen LogP contribution in [0.3, 0.4) is 0 Å². The fourth-order valence-electron chi connectivity index (χ4n) is 3.49. The highest BCUT2D eigenvalue weighted by molar-refractivity contribution is 5.79. The first kappa shape index (κ1) is 19.0. The molecule has 1 fully saturated rings. The quantitative estimate of drug-likeness (QED) is 0.780. The summed E-state index contributed by atoms with van der Waals surface area (Å²) in [5.41, 5.74) is 0.987. The lowest BCUT2D eigenvalue weighted by Crippen LogP contribution is -2.38. The third-order valence-corrected chi connectivity index (χ3v) is 5.13. The zero-order chi connectivity index (χ0) is 19.1. The second-order valence-corrected chi connectivity index (χ2v) is 6.98. The van der Waals surface area contributed by atoms with Crippen molar-refractivity contribution in [3.05, 3.63) is 66.2 Å². The highest BCUT2D eigenvalue weighted by atomic mass is 16.5. The molecule has 5 heteroatoms. The molecule has 2 aromatic carbocycles. The third kappa shape index (κ3) is 5.33. The number of carbonyl (C=O) groups excluding carboxylic acids is 1. The van der Waals surface area contributed by atoms with Crippen LogP contribution in [0.5, 0.6) is 5.75 Å². The maximum Gasteiger partial charge on any atom is 0.306 e. The van der Waals surface area contributed by atoms with E-state index in [2.05, 4.69) is 5.32 Å². The van der Waals surface area contributed by atoms with E-state index in [-0.39, 0.29) is 23.8 Å². The average Bonchev–Trinajstić information content (AvgIpc) is 2.72. The van der Waals surface area contributed by atoms with Gasteiger partial charge in [0.2, 0.25) is 5.91 Å². The Labute approximate surface area is 159 Å². The van der Waals surface area contributed by atoms with Crippen LogP contribution in [0.4, 0.5) is 0 Å². The lowest BCUT2D eigenvalue weighted by molar-refractivity contribution is -0.144. The summed E-state index contributed by atoms with van der Waals surface area (Å²) >= 11 is 0. The van der Waals surface area contributed by atoms with Gasteiger partial charge in [0.1, 0.15) is 12.4 Å². The van der Waals surface area contributed by atoms with Gasteiger partial charge in [-0.1, -0.05) is 48.5 Å². The van der Waals surface area contributed by atoms with Crippen molar-refractivity contribution in [2.24, 2.45) is 11.8 Å². The van der Waals surface area contributed by atoms with Gasteiger partial charge in [-0.25, -0.2) is 0 Å². The fraction of sp³-hybridized carbons (Fsp3) is 0.364. The number of benzene rings is 2. The molecule has 142 valence electrons. The molecule has 0 bridgehead atoms. The molecule has 2 N–H and O–H groups in total. The number of rotatable bonds is 7. The van der Waals surface area contributed by atoms with Gasteiger partial charge < -0.3 is 15.2 Å². The lowest BCUT2D eigenvalue weighted by atomic mass is 9.81. The van der Waals surface area contributed by atoms with Crippen molar-refractivity contribution in [3.8, 4) is 5.75 Å². The minimum atomic E-state index is -0.757. The van der Waals surface area contributed by atoms with Crippen molar-refractivity contribution >= 4 is 11.9 Å². The Morgan fingerprint density at radius 1 is 0.926 bits per heavy atom. The molecule has 1 aliphatic carbocycles. The summed E-state index contributed by atoms with van der Waals surface area (Å²) in [6.45, 7) is 0.338. The molecule has 0 heterocycles. The molecule has 1 unspecified atom stereocenters. The van der Waals surface area contributed by atoms with E-state index < -0.39 is 5.97 Å². The molecular weight excluding hydrogens is 342 g/mol. The number of ether oxygens (including phenoxy) is 1. The summed E-state index contributed by atoms with van der Waals surface area (Å²) in [6.07, 6.45) is 2.35. The molecule has 1 atom stereocenters. The van der Waals surface area contributed by atoms with Gasteiger partial charge >= 0.3 is 5.97 Å². The minimum absolute atomic E-state index is 0.0237. The van der Waals surface area contributed by atoms with Crippen molar-refractivity contribution in [1.29, 1.82) is 0 Å². The summed E-state index contributed by atoms with van der Waals surface area (Å²) in [6, 6.07) is 19.0. The van der Waals surface area contributed by atoms with Crippen LogP contribution >= 0.6 is 0 Å². The van der Waals surface area contributed by atoms with Gasteiger partial charge in [-0.2, -0.15) is 0 Å². The van der Waals surface area contributed by atoms with E-state index in [0.29, 0.717) is 32.3 Å². The van der Waals surface area contributed by atoms with E-state index in [1.54, 1.807) is 0 Å². The van der Waals surface area contributed by atoms with Gasteiger partial charge in [-0.15, -0.1) is 0 Å². The number of amides is 1. The number of carbonyl (C=O) groups is 2. The molecular formula is C22H25NO4. The fourth-order valence-corrected chi connectivity index (χ4v) is 3.49. The van der Waals surface area contributed by atoms with Crippen LogP contribution in [-0.2, 0) is 9.59 Å². The normalized spacial score (nSPS) is 20.4. The van der Waals surface area contributed by atoms with E-state index in [1.807, 2.05) is 60.7 Å². The standard InChI is InChI=1S/C22H25NO4/c24-21(17-11-13-18(14-12-17)22(25)26)23-20(16-7-3-1-4-8-16)15-27-19-9-5-2-6-10-19/h1-10,17-18,20H,11-15H2,(H,23,24)(H,25,26). The number of aliphatic carboxylic acids is 1. The van der Waals surface area contributed by atoms with Crippen LogP contribution in [0.15, 0.2) is 60.7 Å². The highest BCUT2D eigenvalue weighted by Crippen LogP contribution is 2.29. The largest absolute Gasteiger partial charge is 0.491 e. The van der Waals surface area contributed by atoms with E-state index >= 15 is 0 Å². The Balaban J connectivity index is 1.62. The maximum absolute atomic E-state index is 12.8. The Hall–Kier alpha value is -2.82. The summed E-state index contributed by atoms with van der Waals surface area (Å²) in [7, 11) is 0. The molecule has 27 heavy (non-hydrogen) atoms. The molecule has 0 saturated heterocycles. The SMILES string of the molecule is O=C(O)C1CCC(C(=O)NC(COc2ccccc2)c2ccccc2)CC1. The van der Waals surface area contributed by atoms with E-state index in [4.69, 9.17) is 9.84 Å². The van der Waals surface area contributed by atoms with Crippen molar-refractivity contribution < 1.29 is 19.4 Å². The third-order valence-electron chi connectivity index (χ3n) is 5.13. The van der Waals surface area contributed by atoms with Crippen molar-refractivity contribution in [2.45, 2.75) is 31.7 Å². The smallest absolute Gasteiger partial charge is 0.306 e. The molecule has 1 saturated carbocycles. The summed E-state index contributed by atoms with van der Waals surface area (Å²) in [5, 5.41) is 12.2. The second kappa shape index (κ2) is 9.21. The van der Waals surface area contributed by atoms with Crippen molar-refractivity contribution in [2.75, 3.05) is 6.61 Å². The molecule has 1 aliphatic rings. The molecule has 5 nitrogen and oxygen atoms in total. The molecule has 0 aliphatic heterocycles. The van der Waals surface area contributed by atoms with Gasteiger partial charge in [-0.05, 0) is 43.4 Å². The average molecular weight is 367 g/mol. The van der Waals surface area contributed by atoms with Crippen LogP contribution in [-0.4, -0.2) is 23.6 Å². The molecule has 0 aromatic heterocycles. The van der Waals surface area contributed by atoms with E-state index in [9.17, 15) is 9.59 Å². The van der Waals surface area contributed by atoms with Crippen LogP contribution in [0.25, 0.3) is 0 Å². The molecule has 0 spiro atoms. The highest BCUT2D eigenvalue weighted by Gasteiger charge is 2.30. The molecule has 0 radical (unpaired) electrons. The minimum Gasteiger partial charge on any atom is -0.491 e. The Bertz CT molecular complexity index is 739.